The first-order chi connectivity index (χ1) is 13.9. The first kappa shape index (κ1) is 21.5. The molecule has 6 nitrogen and oxygen atoms in total. The number of ether oxygens (including phenoxy) is 2. The Hall–Kier alpha value is -2.19. The van der Waals surface area contributed by atoms with Crippen LogP contribution in [-0.2, 0) is 0 Å². The minimum absolute atomic E-state index is 0.0711. The van der Waals surface area contributed by atoms with E-state index in [1.54, 1.807) is 38.6 Å². The average molecular weight is 523 g/mol. The largest absolute Gasteiger partial charge is 0.493 e. The molecule has 29 heavy (non-hydrogen) atoms. The Labute approximate surface area is 185 Å². The summed E-state index contributed by atoms with van der Waals surface area (Å²) in [6.07, 6.45) is 2.45. The number of methoxy groups -OCH3 is 2. The van der Waals surface area contributed by atoms with Crippen molar-refractivity contribution < 1.29 is 9.47 Å². The summed E-state index contributed by atoms with van der Waals surface area (Å²) in [6, 6.07) is 9.08. The van der Waals surface area contributed by atoms with Gasteiger partial charge in [-0.25, -0.2) is 4.98 Å². The van der Waals surface area contributed by atoms with Crippen LogP contribution in [0.1, 0.15) is 37.6 Å². The average Bonchev–Trinajstić information content (AvgIpc) is 2.73. The van der Waals surface area contributed by atoms with Gasteiger partial charge in [0.1, 0.15) is 5.82 Å². The molecule has 0 aliphatic carbocycles. The van der Waals surface area contributed by atoms with Crippen molar-refractivity contribution in [3.63, 3.8) is 0 Å². The molecule has 152 valence electrons. The van der Waals surface area contributed by atoms with Crippen molar-refractivity contribution in [1.29, 1.82) is 0 Å². The first-order valence-electron chi connectivity index (χ1n) is 9.07. The third-order valence-corrected chi connectivity index (χ3v) is 5.88. The Morgan fingerprint density at radius 1 is 1.17 bits per heavy atom. The van der Waals surface area contributed by atoms with E-state index in [1.807, 2.05) is 19.1 Å². The smallest absolute Gasteiger partial charge is 0.282 e. The minimum Gasteiger partial charge on any atom is -0.493 e. The molecule has 0 saturated carbocycles. The fraction of sp³-hybridized carbons (Fsp3) is 0.286. The van der Waals surface area contributed by atoms with Crippen LogP contribution >= 0.6 is 31.9 Å². The predicted molar refractivity (Wildman–Crippen MR) is 123 cm³/mol. The van der Waals surface area contributed by atoms with Crippen LogP contribution in [0.2, 0.25) is 0 Å². The number of fused-ring (bicyclic) bond motifs is 1. The number of aromatic nitrogens is 2. The molecule has 0 N–H and O–H groups in total. The zero-order chi connectivity index (χ0) is 21.1. The van der Waals surface area contributed by atoms with Gasteiger partial charge in [0.25, 0.3) is 5.56 Å². The number of halogens is 2. The molecule has 1 heterocycles. The summed E-state index contributed by atoms with van der Waals surface area (Å²) >= 11 is 6.94. The molecule has 0 bridgehead atoms. The lowest BCUT2D eigenvalue weighted by molar-refractivity contribution is 0.354. The minimum atomic E-state index is -0.209. The maximum atomic E-state index is 13.2. The molecule has 0 saturated heterocycles. The topological polar surface area (TPSA) is 65.7 Å². The van der Waals surface area contributed by atoms with Crippen molar-refractivity contribution in [3.05, 3.63) is 61.0 Å². The fourth-order valence-electron chi connectivity index (χ4n) is 2.87. The van der Waals surface area contributed by atoms with Crippen LogP contribution in [0.5, 0.6) is 11.5 Å². The third kappa shape index (κ3) is 4.38. The number of rotatable bonds is 6. The fourth-order valence-corrected chi connectivity index (χ4v) is 3.65. The normalized spacial score (nSPS) is 12.5. The summed E-state index contributed by atoms with van der Waals surface area (Å²) in [5.41, 5.74) is 1.20. The van der Waals surface area contributed by atoms with E-state index in [-0.39, 0.29) is 11.5 Å². The lowest BCUT2D eigenvalue weighted by Gasteiger charge is -2.14. The van der Waals surface area contributed by atoms with Gasteiger partial charge < -0.3 is 9.47 Å². The van der Waals surface area contributed by atoms with E-state index in [2.05, 4.69) is 43.9 Å². The van der Waals surface area contributed by atoms with Crippen LogP contribution in [0.15, 0.2) is 49.2 Å². The van der Waals surface area contributed by atoms with Gasteiger partial charge in [0, 0.05) is 20.4 Å². The molecule has 8 heteroatoms. The summed E-state index contributed by atoms with van der Waals surface area (Å²) in [7, 11) is 3.15. The molecule has 0 aliphatic heterocycles. The highest BCUT2D eigenvalue weighted by Crippen LogP contribution is 2.32. The molecule has 0 amide bonds. The van der Waals surface area contributed by atoms with Gasteiger partial charge in [-0.2, -0.15) is 9.78 Å². The molecule has 0 spiro atoms. The highest BCUT2D eigenvalue weighted by atomic mass is 79.9. The van der Waals surface area contributed by atoms with Gasteiger partial charge in [-0.1, -0.05) is 29.8 Å². The van der Waals surface area contributed by atoms with Crippen LogP contribution in [0.4, 0.5) is 0 Å². The van der Waals surface area contributed by atoms with Crippen LogP contribution in [-0.4, -0.2) is 30.1 Å². The molecular formula is C21H21Br2N3O3. The van der Waals surface area contributed by atoms with Crippen molar-refractivity contribution in [2.45, 2.75) is 26.2 Å². The molecule has 1 aromatic heterocycles. The first-order valence-corrected chi connectivity index (χ1v) is 10.7. The molecule has 0 aliphatic rings. The van der Waals surface area contributed by atoms with E-state index in [0.717, 1.165) is 20.9 Å². The van der Waals surface area contributed by atoms with E-state index in [1.165, 1.54) is 4.68 Å². The van der Waals surface area contributed by atoms with Crippen LogP contribution < -0.4 is 15.0 Å². The van der Waals surface area contributed by atoms with Crippen LogP contribution in [0.3, 0.4) is 0 Å². The summed E-state index contributed by atoms with van der Waals surface area (Å²) in [4.78, 5) is 17.9. The number of nitrogens with zero attached hydrogens (tertiary/aromatic N) is 3. The van der Waals surface area contributed by atoms with Crippen molar-refractivity contribution in [1.82, 2.24) is 9.66 Å². The molecule has 3 aromatic rings. The second-order valence-electron chi connectivity index (χ2n) is 6.53. The number of hydrogen-bond acceptors (Lipinski definition) is 5. The maximum absolute atomic E-state index is 13.2. The molecule has 1 atom stereocenters. The van der Waals surface area contributed by atoms with E-state index in [9.17, 15) is 4.79 Å². The molecule has 0 fully saturated rings. The van der Waals surface area contributed by atoms with Crippen molar-refractivity contribution in [2.75, 3.05) is 14.2 Å². The summed E-state index contributed by atoms with van der Waals surface area (Å²) in [5, 5.41) is 5.00. The zero-order valence-corrected chi connectivity index (χ0v) is 19.7. The highest BCUT2D eigenvalue weighted by molar-refractivity contribution is 9.10. The molecule has 2 aromatic carbocycles. The van der Waals surface area contributed by atoms with E-state index < -0.39 is 0 Å². The Balaban J connectivity index is 2.19. The Morgan fingerprint density at radius 3 is 2.52 bits per heavy atom. The lowest BCUT2D eigenvalue weighted by Crippen LogP contribution is -2.23. The van der Waals surface area contributed by atoms with E-state index in [4.69, 9.17) is 14.5 Å². The second kappa shape index (κ2) is 9.09. The van der Waals surface area contributed by atoms with Crippen molar-refractivity contribution in [3.8, 4) is 11.5 Å². The predicted octanol–water partition coefficient (Wildman–Crippen LogP) is 5.33. The van der Waals surface area contributed by atoms with Gasteiger partial charge in [0.15, 0.2) is 11.5 Å². The summed E-state index contributed by atoms with van der Waals surface area (Å²) < 4.78 is 13.6. The molecular weight excluding hydrogens is 502 g/mol. The highest BCUT2D eigenvalue weighted by Gasteiger charge is 2.16. The summed E-state index contributed by atoms with van der Waals surface area (Å²) in [6.45, 7) is 4.09. The molecule has 0 unspecified atom stereocenters. The Morgan fingerprint density at radius 2 is 1.86 bits per heavy atom. The van der Waals surface area contributed by atoms with Crippen molar-refractivity contribution in [2.24, 2.45) is 5.10 Å². The number of hydrogen-bond donors (Lipinski definition) is 0. The molecule has 3 rings (SSSR count). The SMILES string of the molecule is CC[C@H](C)c1nc2ccc(Br)cc2c(=O)n1N=Cc1cc(OC)c(OC)cc1Br. The third-order valence-electron chi connectivity index (χ3n) is 4.70. The van der Waals surface area contributed by atoms with Gasteiger partial charge in [-0.3, -0.25) is 4.79 Å². The molecule has 0 radical (unpaired) electrons. The van der Waals surface area contributed by atoms with Crippen molar-refractivity contribution >= 4 is 49.0 Å². The van der Waals surface area contributed by atoms with Gasteiger partial charge in [-0.15, -0.1) is 0 Å². The maximum Gasteiger partial charge on any atom is 0.282 e. The summed E-state index contributed by atoms with van der Waals surface area (Å²) in [5.74, 6) is 1.88. The van der Waals surface area contributed by atoms with Gasteiger partial charge >= 0.3 is 0 Å². The van der Waals surface area contributed by atoms with Gasteiger partial charge in [0.2, 0.25) is 0 Å². The zero-order valence-electron chi connectivity index (χ0n) is 16.6. The Bertz CT molecular complexity index is 1140. The van der Waals surface area contributed by atoms with E-state index >= 15 is 0 Å². The monoisotopic (exact) mass is 521 g/mol. The lowest BCUT2D eigenvalue weighted by atomic mass is 10.1. The second-order valence-corrected chi connectivity index (χ2v) is 8.30. The Kier molecular flexibility index (Phi) is 6.74. The van der Waals surface area contributed by atoms with Crippen LogP contribution in [0, 0.1) is 0 Å². The standard InChI is InChI=1S/C21H21Br2N3O3/c1-5-12(2)20-25-17-7-6-14(22)9-15(17)21(27)26(20)24-11-13-8-18(28-3)19(29-4)10-16(13)23/h6-12H,5H2,1-4H3/t12-/m0/s1. The quantitative estimate of drug-likeness (QED) is 0.410. The van der Waals surface area contributed by atoms with Crippen LogP contribution in [0.25, 0.3) is 10.9 Å². The number of benzene rings is 2. The van der Waals surface area contributed by atoms with Gasteiger partial charge in [-0.05, 0) is 52.7 Å². The van der Waals surface area contributed by atoms with E-state index in [0.29, 0.717) is 28.2 Å². The van der Waals surface area contributed by atoms with Gasteiger partial charge in [0.05, 0.1) is 31.3 Å².